The molecule has 0 aliphatic carbocycles. The predicted molar refractivity (Wildman–Crippen MR) is 40.5 cm³/mol. The van der Waals surface area contributed by atoms with Gasteiger partial charge in [0, 0.05) is 0 Å². The summed E-state index contributed by atoms with van der Waals surface area (Å²) in [6, 6.07) is 0. The second-order valence-electron chi connectivity index (χ2n) is 2.03. The molecule has 0 aliphatic rings. The Bertz CT molecular complexity index is 130. The van der Waals surface area contributed by atoms with Crippen molar-refractivity contribution in [3.05, 3.63) is 23.5 Å². The Hall–Kier alpha value is -0.920. The molecule has 0 spiro atoms. The molecule has 0 aromatic heterocycles. The lowest BCUT2D eigenvalue weighted by molar-refractivity contribution is 1.10. The molecular formula is C7H14N2. The molecule has 2 nitrogen and oxygen atoms in total. The first kappa shape index (κ1) is 8.08. The summed E-state index contributed by atoms with van der Waals surface area (Å²) in [4.78, 5) is 0. The van der Waals surface area contributed by atoms with Crippen molar-refractivity contribution in [2.75, 3.05) is 0 Å². The van der Waals surface area contributed by atoms with Crippen molar-refractivity contribution in [1.82, 2.24) is 0 Å². The van der Waals surface area contributed by atoms with E-state index in [1.807, 2.05) is 13.0 Å². The summed E-state index contributed by atoms with van der Waals surface area (Å²) in [5.74, 6) is 0.364. The first-order valence-electron chi connectivity index (χ1n) is 3.05. The molecule has 52 valence electrons. The van der Waals surface area contributed by atoms with Crippen LogP contribution in [0.15, 0.2) is 23.5 Å². The van der Waals surface area contributed by atoms with E-state index in [9.17, 15) is 0 Å². The first-order valence-corrected chi connectivity index (χ1v) is 3.05. The van der Waals surface area contributed by atoms with Crippen LogP contribution in [-0.4, -0.2) is 0 Å². The summed E-state index contributed by atoms with van der Waals surface area (Å²) < 4.78 is 0. The maximum absolute atomic E-state index is 5.19. The van der Waals surface area contributed by atoms with Crippen LogP contribution in [-0.2, 0) is 0 Å². The summed E-state index contributed by atoms with van der Waals surface area (Å²) in [5.41, 5.74) is 11.7. The Kier molecular flexibility index (Phi) is 3.60. The van der Waals surface area contributed by atoms with Gasteiger partial charge in [0.15, 0.2) is 0 Å². The average molecular weight is 126 g/mol. The second-order valence-corrected chi connectivity index (χ2v) is 2.03. The molecule has 0 saturated carbocycles. The van der Waals surface area contributed by atoms with Crippen LogP contribution in [0, 0.1) is 0 Å². The van der Waals surface area contributed by atoms with Crippen LogP contribution in [0.25, 0.3) is 0 Å². The highest BCUT2D eigenvalue weighted by Crippen LogP contribution is 1.96. The van der Waals surface area contributed by atoms with E-state index in [-0.39, 0.29) is 0 Å². The highest BCUT2D eigenvalue weighted by Gasteiger charge is 1.78. The zero-order valence-electron chi connectivity index (χ0n) is 6.02. The predicted octanol–water partition coefficient (Wildman–Crippen LogP) is 1.10. The van der Waals surface area contributed by atoms with Gasteiger partial charge in [-0.1, -0.05) is 18.6 Å². The second kappa shape index (κ2) is 4.01. The molecule has 0 aliphatic heterocycles. The normalized spacial score (nSPS) is 11.1. The van der Waals surface area contributed by atoms with Crippen molar-refractivity contribution in [3.63, 3.8) is 0 Å². The summed E-state index contributed by atoms with van der Waals surface area (Å²) in [5, 5.41) is 0. The molecule has 0 heterocycles. The van der Waals surface area contributed by atoms with E-state index in [1.54, 1.807) is 6.08 Å². The Morgan fingerprint density at radius 3 is 2.22 bits per heavy atom. The average Bonchev–Trinajstić information content (AvgIpc) is 1.83. The van der Waals surface area contributed by atoms with Gasteiger partial charge in [0.25, 0.3) is 0 Å². The van der Waals surface area contributed by atoms with Crippen LogP contribution in [0.2, 0.25) is 0 Å². The summed E-state index contributed by atoms with van der Waals surface area (Å²) in [7, 11) is 0. The smallest absolute Gasteiger partial charge is 0.0933 e. The van der Waals surface area contributed by atoms with Crippen LogP contribution in [0.1, 0.15) is 20.3 Å². The van der Waals surface area contributed by atoms with Crippen molar-refractivity contribution in [3.8, 4) is 0 Å². The highest BCUT2D eigenvalue weighted by molar-refractivity contribution is 5.12. The molecule has 0 saturated heterocycles. The highest BCUT2D eigenvalue weighted by atomic mass is 14.8. The van der Waals surface area contributed by atoms with Gasteiger partial charge in [-0.3, -0.25) is 0 Å². The van der Waals surface area contributed by atoms with Gasteiger partial charge >= 0.3 is 0 Å². The Balaban J connectivity index is 3.83. The lowest BCUT2D eigenvalue weighted by Gasteiger charge is -1.90. The number of nitrogens with two attached hydrogens (primary N) is 2. The van der Waals surface area contributed by atoms with Crippen molar-refractivity contribution >= 4 is 0 Å². The van der Waals surface area contributed by atoms with Crippen molar-refractivity contribution in [2.24, 2.45) is 11.5 Å². The molecule has 9 heavy (non-hydrogen) atoms. The van der Waals surface area contributed by atoms with Gasteiger partial charge in [0.2, 0.25) is 0 Å². The van der Waals surface area contributed by atoms with E-state index in [0.29, 0.717) is 5.82 Å². The fraction of sp³-hybridized carbons (Fsp3) is 0.429. The number of rotatable bonds is 2. The van der Waals surface area contributed by atoms with Crippen LogP contribution in [0.5, 0.6) is 0 Å². The Morgan fingerprint density at radius 2 is 1.89 bits per heavy atom. The molecule has 0 rings (SSSR count). The topological polar surface area (TPSA) is 52.0 Å². The van der Waals surface area contributed by atoms with Gasteiger partial charge in [-0.15, -0.1) is 0 Å². The van der Waals surface area contributed by atoms with E-state index in [2.05, 4.69) is 6.92 Å². The van der Waals surface area contributed by atoms with Crippen LogP contribution in [0.4, 0.5) is 0 Å². The molecule has 2 heteroatoms. The van der Waals surface area contributed by atoms with Gasteiger partial charge < -0.3 is 11.5 Å². The third-order valence-corrected chi connectivity index (χ3v) is 1.12. The third-order valence-electron chi connectivity index (χ3n) is 1.12. The molecular weight excluding hydrogens is 112 g/mol. The van der Waals surface area contributed by atoms with Gasteiger partial charge in [-0.25, -0.2) is 0 Å². The number of hydrogen-bond acceptors (Lipinski definition) is 2. The van der Waals surface area contributed by atoms with Crippen molar-refractivity contribution < 1.29 is 0 Å². The SMILES string of the molecule is CC/C(C)=C\C=C(N)N. The summed E-state index contributed by atoms with van der Waals surface area (Å²) in [6.45, 7) is 4.13. The molecule has 0 unspecified atom stereocenters. The van der Waals surface area contributed by atoms with Crippen LogP contribution < -0.4 is 11.5 Å². The third kappa shape index (κ3) is 4.94. The summed E-state index contributed by atoms with van der Waals surface area (Å²) in [6.07, 6.45) is 4.68. The van der Waals surface area contributed by atoms with E-state index >= 15 is 0 Å². The quantitative estimate of drug-likeness (QED) is 0.544. The lowest BCUT2D eigenvalue weighted by Crippen LogP contribution is -2.06. The number of allylic oxidation sites excluding steroid dienone is 3. The Labute approximate surface area is 56.2 Å². The first-order chi connectivity index (χ1) is 4.16. The van der Waals surface area contributed by atoms with Gasteiger partial charge in [-0.2, -0.15) is 0 Å². The monoisotopic (exact) mass is 126 g/mol. The molecule has 0 atom stereocenters. The molecule has 4 N–H and O–H groups in total. The van der Waals surface area contributed by atoms with E-state index in [0.717, 1.165) is 6.42 Å². The summed E-state index contributed by atoms with van der Waals surface area (Å²) >= 11 is 0. The molecule has 0 aromatic carbocycles. The molecule has 0 radical (unpaired) electrons. The van der Waals surface area contributed by atoms with Crippen molar-refractivity contribution in [2.45, 2.75) is 20.3 Å². The molecule has 0 amide bonds. The van der Waals surface area contributed by atoms with Crippen molar-refractivity contribution in [1.29, 1.82) is 0 Å². The zero-order chi connectivity index (χ0) is 7.28. The van der Waals surface area contributed by atoms with E-state index < -0.39 is 0 Å². The maximum atomic E-state index is 5.19. The van der Waals surface area contributed by atoms with Crippen LogP contribution in [0.3, 0.4) is 0 Å². The lowest BCUT2D eigenvalue weighted by atomic mass is 10.2. The minimum absolute atomic E-state index is 0.364. The largest absolute Gasteiger partial charge is 0.386 e. The molecule has 0 bridgehead atoms. The standard InChI is InChI=1S/C7H14N2/c1-3-6(2)4-5-7(8)9/h4-5H,3,8-9H2,1-2H3/b6-4-. The van der Waals surface area contributed by atoms with E-state index in [1.165, 1.54) is 5.57 Å². The van der Waals surface area contributed by atoms with E-state index in [4.69, 9.17) is 11.5 Å². The fourth-order valence-corrected chi connectivity index (χ4v) is 0.356. The Morgan fingerprint density at radius 1 is 1.33 bits per heavy atom. The van der Waals surface area contributed by atoms with Gasteiger partial charge in [0.1, 0.15) is 0 Å². The molecule has 0 aromatic rings. The zero-order valence-corrected chi connectivity index (χ0v) is 6.02. The van der Waals surface area contributed by atoms with Gasteiger partial charge in [-0.05, 0) is 19.4 Å². The number of hydrogen-bond donors (Lipinski definition) is 2. The minimum Gasteiger partial charge on any atom is -0.386 e. The molecule has 0 fully saturated rings. The maximum Gasteiger partial charge on any atom is 0.0933 e. The van der Waals surface area contributed by atoms with Crippen LogP contribution >= 0.6 is 0 Å². The van der Waals surface area contributed by atoms with Gasteiger partial charge in [0.05, 0.1) is 5.82 Å². The fourth-order valence-electron chi connectivity index (χ4n) is 0.356. The minimum atomic E-state index is 0.364.